The molecule has 2 aromatic rings. The lowest BCUT2D eigenvalue weighted by molar-refractivity contribution is 0.547. The van der Waals surface area contributed by atoms with E-state index in [0.717, 1.165) is 42.4 Å². The SMILES string of the molecule is CCc1c(C)nn(-c2cncc(CNCC(C)C)n2)c1C. The van der Waals surface area contributed by atoms with E-state index in [4.69, 9.17) is 0 Å². The average Bonchev–Trinajstić information content (AvgIpc) is 2.73. The Kier molecular flexibility index (Phi) is 5.07. The van der Waals surface area contributed by atoms with Gasteiger partial charge in [0.15, 0.2) is 5.82 Å². The zero-order chi connectivity index (χ0) is 15.4. The summed E-state index contributed by atoms with van der Waals surface area (Å²) < 4.78 is 1.90. The van der Waals surface area contributed by atoms with Gasteiger partial charge in [-0.1, -0.05) is 20.8 Å². The zero-order valence-electron chi connectivity index (χ0n) is 13.6. The van der Waals surface area contributed by atoms with Crippen LogP contribution in [0.4, 0.5) is 0 Å². The molecule has 5 nitrogen and oxygen atoms in total. The Morgan fingerprint density at radius 2 is 2.00 bits per heavy atom. The fourth-order valence-corrected chi connectivity index (χ4v) is 2.48. The van der Waals surface area contributed by atoms with Crippen molar-refractivity contribution in [1.29, 1.82) is 0 Å². The normalized spacial score (nSPS) is 11.3. The molecule has 0 amide bonds. The van der Waals surface area contributed by atoms with Crippen LogP contribution in [0.25, 0.3) is 5.82 Å². The molecule has 0 atom stereocenters. The monoisotopic (exact) mass is 287 g/mol. The number of hydrogen-bond donors (Lipinski definition) is 1. The Hall–Kier alpha value is -1.75. The van der Waals surface area contributed by atoms with Gasteiger partial charge in [0.25, 0.3) is 0 Å². The van der Waals surface area contributed by atoms with Crippen molar-refractivity contribution in [2.45, 2.75) is 47.6 Å². The van der Waals surface area contributed by atoms with Crippen molar-refractivity contribution < 1.29 is 0 Å². The Balaban J connectivity index is 2.21. The molecule has 21 heavy (non-hydrogen) atoms. The van der Waals surface area contributed by atoms with Crippen molar-refractivity contribution in [3.63, 3.8) is 0 Å². The summed E-state index contributed by atoms with van der Waals surface area (Å²) in [7, 11) is 0. The third-order valence-corrected chi connectivity index (χ3v) is 3.54. The van der Waals surface area contributed by atoms with E-state index in [2.05, 4.69) is 48.1 Å². The summed E-state index contributed by atoms with van der Waals surface area (Å²) >= 11 is 0. The molecule has 0 fully saturated rings. The van der Waals surface area contributed by atoms with Crippen LogP contribution < -0.4 is 5.32 Å². The Bertz CT molecular complexity index is 601. The lowest BCUT2D eigenvalue weighted by atomic mass is 10.1. The van der Waals surface area contributed by atoms with E-state index < -0.39 is 0 Å². The number of nitrogens with one attached hydrogen (secondary N) is 1. The van der Waals surface area contributed by atoms with Crippen molar-refractivity contribution >= 4 is 0 Å². The molecule has 5 heteroatoms. The van der Waals surface area contributed by atoms with Gasteiger partial charge in [0.05, 0.1) is 17.6 Å². The van der Waals surface area contributed by atoms with Crippen LogP contribution in [0.3, 0.4) is 0 Å². The standard InChI is InChI=1S/C16H25N5/c1-6-15-12(4)20-21(13(15)5)16-10-18-9-14(19-16)8-17-7-11(2)3/h9-11,17H,6-8H2,1-5H3. The molecule has 0 radical (unpaired) electrons. The maximum Gasteiger partial charge on any atom is 0.172 e. The number of aryl methyl sites for hydroxylation is 1. The molecule has 114 valence electrons. The second kappa shape index (κ2) is 6.80. The summed E-state index contributed by atoms with van der Waals surface area (Å²) in [5.74, 6) is 1.42. The molecule has 0 saturated heterocycles. The van der Waals surface area contributed by atoms with E-state index in [0.29, 0.717) is 5.92 Å². The summed E-state index contributed by atoms with van der Waals surface area (Å²) in [6, 6.07) is 0. The molecule has 2 rings (SSSR count). The maximum atomic E-state index is 4.66. The second-order valence-electron chi connectivity index (χ2n) is 5.81. The fraction of sp³-hybridized carbons (Fsp3) is 0.562. The smallest absolute Gasteiger partial charge is 0.172 e. The van der Waals surface area contributed by atoms with Crippen molar-refractivity contribution in [3.8, 4) is 5.82 Å². The van der Waals surface area contributed by atoms with E-state index in [-0.39, 0.29) is 0 Å². The van der Waals surface area contributed by atoms with Crippen LogP contribution in [0.15, 0.2) is 12.4 Å². The van der Waals surface area contributed by atoms with Gasteiger partial charge in [-0.25, -0.2) is 9.67 Å². The van der Waals surface area contributed by atoms with E-state index in [1.807, 2.05) is 17.8 Å². The van der Waals surface area contributed by atoms with Crippen molar-refractivity contribution in [1.82, 2.24) is 25.1 Å². The third-order valence-electron chi connectivity index (χ3n) is 3.54. The third kappa shape index (κ3) is 3.67. The highest BCUT2D eigenvalue weighted by Crippen LogP contribution is 2.16. The van der Waals surface area contributed by atoms with Gasteiger partial charge in [0, 0.05) is 18.4 Å². The van der Waals surface area contributed by atoms with E-state index >= 15 is 0 Å². The lowest BCUT2D eigenvalue weighted by Gasteiger charge is -2.08. The summed E-state index contributed by atoms with van der Waals surface area (Å²) in [6.07, 6.45) is 4.56. The summed E-state index contributed by atoms with van der Waals surface area (Å²) in [6.45, 7) is 12.4. The molecule has 0 aliphatic carbocycles. The molecular formula is C16H25N5. The first kappa shape index (κ1) is 15.6. The minimum absolute atomic E-state index is 0.629. The van der Waals surface area contributed by atoms with Gasteiger partial charge in [-0.2, -0.15) is 5.10 Å². The van der Waals surface area contributed by atoms with Crippen LogP contribution in [0.1, 0.15) is 43.4 Å². The molecule has 0 spiro atoms. The first-order chi connectivity index (χ1) is 10.0. The highest BCUT2D eigenvalue weighted by molar-refractivity contribution is 5.31. The molecule has 0 unspecified atom stereocenters. The average molecular weight is 287 g/mol. The molecule has 0 saturated carbocycles. The fourth-order valence-electron chi connectivity index (χ4n) is 2.48. The predicted molar refractivity (Wildman–Crippen MR) is 84.6 cm³/mol. The van der Waals surface area contributed by atoms with Crippen LogP contribution in [0.5, 0.6) is 0 Å². The Morgan fingerprint density at radius 1 is 1.24 bits per heavy atom. The van der Waals surface area contributed by atoms with Gasteiger partial charge in [0.2, 0.25) is 0 Å². The number of nitrogens with zero attached hydrogens (tertiary/aromatic N) is 4. The molecule has 0 aliphatic heterocycles. The van der Waals surface area contributed by atoms with Crippen molar-refractivity contribution in [2.75, 3.05) is 6.54 Å². The largest absolute Gasteiger partial charge is 0.311 e. The summed E-state index contributed by atoms with van der Waals surface area (Å²) in [4.78, 5) is 8.97. The zero-order valence-corrected chi connectivity index (χ0v) is 13.6. The second-order valence-corrected chi connectivity index (χ2v) is 5.81. The van der Waals surface area contributed by atoms with Crippen LogP contribution >= 0.6 is 0 Å². The molecule has 0 aliphatic rings. The molecule has 2 heterocycles. The Morgan fingerprint density at radius 3 is 2.62 bits per heavy atom. The van der Waals surface area contributed by atoms with Gasteiger partial charge in [-0.15, -0.1) is 0 Å². The molecular weight excluding hydrogens is 262 g/mol. The highest BCUT2D eigenvalue weighted by atomic mass is 15.3. The predicted octanol–water partition coefficient (Wildman–Crippen LogP) is 2.59. The van der Waals surface area contributed by atoms with Gasteiger partial charge >= 0.3 is 0 Å². The topological polar surface area (TPSA) is 55.6 Å². The van der Waals surface area contributed by atoms with Gasteiger partial charge in [-0.05, 0) is 38.3 Å². The summed E-state index contributed by atoms with van der Waals surface area (Å²) in [5, 5.41) is 7.98. The lowest BCUT2D eigenvalue weighted by Crippen LogP contribution is -2.20. The van der Waals surface area contributed by atoms with Crippen LogP contribution in [-0.2, 0) is 13.0 Å². The minimum Gasteiger partial charge on any atom is -0.311 e. The number of hydrogen-bond acceptors (Lipinski definition) is 4. The van der Waals surface area contributed by atoms with Crippen LogP contribution in [0.2, 0.25) is 0 Å². The first-order valence-electron chi connectivity index (χ1n) is 7.60. The first-order valence-corrected chi connectivity index (χ1v) is 7.60. The Labute approximate surface area is 126 Å². The van der Waals surface area contributed by atoms with Gasteiger partial charge < -0.3 is 5.32 Å². The summed E-state index contributed by atoms with van der Waals surface area (Å²) in [5.41, 5.74) is 4.45. The van der Waals surface area contributed by atoms with Crippen LogP contribution in [-0.4, -0.2) is 26.3 Å². The molecule has 0 bridgehead atoms. The van der Waals surface area contributed by atoms with E-state index in [9.17, 15) is 0 Å². The number of aromatic nitrogens is 4. The van der Waals surface area contributed by atoms with Gasteiger partial charge in [-0.3, -0.25) is 4.98 Å². The van der Waals surface area contributed by atoms with E-state index in [1.54, 1.807) is 6.20 Å². The maximum absolute atomic E-state index is 4.66. The highest BCUT2D eigenvalue weighted by Gasteiger charge is 2.12. The molecule has 1 N–H and O–H groups in total. The molecule has 2 aromatic heterocycles. The molecule has 0 aromatic carbocycles. The van der Waals surface area contributed by atoms with Gasteiger partial charge in [0.1, 0.15) is 0 Å². The van der Waals surface area contributed by atoms with Crippen molar-refractivity contribution in [2.24, 2.45) is 5.92 Å². The van der Waals surface area contributed by atoms with Crippen molar-refractivity contribution in [3.05, 3.63) is 35.0 Å². The van der Waals surface area contributed by atoms with E-state index in [1.165, 1.54) is 5.56 Å². The number of rotatable bonds is 6. The minimum atomic E-state index is 0.629. The van der Waals surface area contributed by atoms with Crippen LogP contribution in [0, 0.1) is 19.8 Å². The quantitative estimate of drug-likeness (QED) is 0.887.